The highest BCUT2D eigenvalue weighted by Gasteiger charge is 2.40. The van der Waals surface area contributed by atoms with Gasteiger partial charge in [-0.25, -0.2) is 13.1 Å². The van der Waals surface area contributed by atoms with Crippen LogP contribution in [0.25, 0.3) is 0 Å². The Morgan fingerprint density at radius 3 is 3.00 bits per heavy atom. The Bertz CT molecular complexity index is 681. The number of hydrogen-bond acceptors (Lipinski definition) is 5. The summed E-state index contributed by atoms with van der Waals surface area (Å²) in [4.78, 5) is 4.66. The fraction of sp³-hybridized carbons (Fsp3) is 0.647. The maximum atomic E-state index is 12.3. The van der Waals surface area contributed by atoms with Crippen molar-refractivity contribution in [2.45, 2.75) is 23.1 Å². The molecule has 1 unspecified atom stereocenters. The van der Waals surface area contributed by atoms with Crippen LogP contribution in [0.4, 0.5) is 0 Å². The van der Waals surface area contributed by atoms with E-state index >= 15 is 0 Å². The molecule has 0 saturated carbocycles. The fourth-order valence-corrected chi connectivity index (χ4v) is 6.09. The smallest absolute Gasteiger partial charge is 0.250 e. The van der Waals surface area contributed by atoms with E-state index in [1.165, 1.54) is 17.8 Å². The maximum absolute atomic E-state index is 12.3. The third-order valence-corrected chi connectivity index (χ3v) is 8.01. The highest BCUT2D eigenvalue weighted by Crippen LogP contribution is 2.36. The minimum atomic E-state index is -3.36. The van der Waals surface area contributed by atoms with E-state index in [-0.39, 0.29) is 0 Å². The maximum Gasteiger partial charge on any atom is 0.250 e. The Balaban J connectivity index is 1.54. The number of sulfonamides is 1. The first kappa shape index (κ1) is 17.9. The molecule has 4 atom stereocenters. The predicted molar refractivity (Wildman–Crippen MR) is 97.4 cm³/mol. The van der Waals surface area contributed by atoms with Crippen molar-refractivity contribution in [3.05, 3.63) is 17.5 Å². The highest BCUT2D eigenvalue weighted by molar-refractivity contribution is 7.91. The van der Waals surface area contributed by atoms with Gasteiger partial charge in [0.2, 0.25) is 10.0 Å². The van der Waals surface area contributed by atoms with Gasteiger partial charge in [-0.15, -0.1) is 17.8 Å². The van der Waals surface area contributed by atoms with Gasteiger partial charge in [0.25, 0.3) is 0 Å². The number of terminal acetylenes is 1. The second-order valence-electron chi connectivity index (χ2n) is 6.88. The monoisotopic (exact) mass is 367 g/mol. The summed E-state index contributed by atoms with van der Waals surface area (Å²) in [6.45, 7) is 4.34. The Hall–Kier alpha value is -0.910. The summed E-state index contributed by atoms with van der Waals surface area (Å²) in [7, 11) is -1.29. The van der Waals surface area contributed by atoms with Crippen LogP contribution in [0.1, 0.15) is 12.8 Å². The molecule has 3 fully saturated rings. The van der Waals surface area contributed by atoms with E-state index in [0.717, 1.165) is 26.1 Å². The lowest BCUT2D eigenvalue weighted by molar-refractivity contribution is -0.00623. The summed E-state index contributed by atoms with van der Waals surface area (Å²) >= 11 is 1.26. The molecule has 3 aliphatic rings. The average Bonchev–Trinajstić information content (AvgIpc) is 3.09. The molecule has 0 amide bonds. The van der Waals surface area contributed by atoms with Crippen molar-refractivity contribution in [2.24, 2.45) is 11.8 Å². The van der Waals surface area contributed by atoms with Gasteiger partial charge < -0.3 is 0 Å². The van der Waals surface area contributed by atoms with Crippen LogP contribution in [-0.4, -0.2) is 64.0 Å². The minimum absolute atomic E-state index is 0.313. The molecule has 132 valence electrons. The second kappa shape index (κ2) is 7.54. The van der Waals surface area contributed by atoms with Crippen LogP contribution in [0, 0.1) is 24.2 Å². The van der Waals surface area contributed by atoms with Crippen LogP contribution in [0.5, 0.6) is 0 Å². The van der Waals surface area contributed by atoms with Crippen LogP contribution in [0.2, 0.25) is 0 Å². The van der Waals surface area contributed by atoms with Crippen molar-refractivity contribution >= 4 is 21.4 Å². The largest absolute Gasteiger partial charge is 0.299 e. The van der Waals surface area contributed by atoms with Gasteiger partial charge in [0.1, 0.15) is 4.21 Å². The molecule has 4 rings (SSSR count). The van der Waals surface area contributed by atoms with Gasteiger partial charge in [-0.3, -0.25) is 9.80 Å². The second-order valence-corrected chi connectivity index (χ2v) is 9.82. The van der Waals surface area contributed by atoms with Crippen LogP contribution < -0.4 is 4.72 Å². The molecule has 5 nitrogen and oxygen atoms in total. The molecule has 2 bridgehead atoms. The lowest BCUT2D eigenvalue weighted by Gasteiger charge is -2.50. The van der Waals surface area contributed by atoms with Gasteiger partial charge in [-0.1, -0.05) is 12.0 Å². The molecule has 1 aromatic rings. The van der Waals surface area contributed by atoms with E-state index in [2.05, 4.69) is 27.5 Å². The van der Waals surface area contributed by atoms with Crippen LogP contribution in [0.3, 0.4) is 0 Å². The van der Waals surface area contributed by atoms with Crippen molar-refractivity contribution < 1.29 is 8.42 Å². The van der Waals surface area contributed by atoms with Crippen molar-refractivity contribution in [1.82, 2.24) is 14.5 Å². The quantitative estimate of drug-likeness (QED) is 0.738. The molecule has 7 heteroatoms. The zero-order valence-electron chi connectivity index (χ0n) is 14.0. The lowest BCUT2D eigenvalue weighted by Crippen LogP contribution is -2.58. The number of rotatable bonds is 7. The van der Waals surface area contributed by atoms with Crippen LogP contribution in [0.15, 0.2) is 21.7 Å². The Morgan fingerprint density at radius 1 is 1.54 bits per heavy atom. The molecule has 0 radical (unpaired) electrons. The lowest BCUT2D eigenvalue weighted by atomic mass is 9.75. The Kier molecular flexibility index (Phi) is 5.63. The zero-order chi connectivity index (χ0) is 17.2. The van der Waals surface area contributed by atoms with E-state index in [1.807, 2.05) is 0 Å². The first-order chi connectivity index (χ1) is 11.5. The van der Waals surface area contributed by atoms with Crippen molar-refractivity contribution in [3.63, 3.8) is 0 Å². The van der Waals surface area contributed by atoms with Crippen molar-refractivity contribution in [3.8, 4) is 12.3 Å². The van der Waals surface area contributed by atoms with E-state index in [1.54, 1.807) is 17.5 Å². The molecule has 24 heavy (non-hydrogen) atoms. The summed E-state index contributed by atoms with van der Waals surface area (Å²) < 4.78 is 27.7. The van der Waals surface area contributed by atoms with Gasteiger partial charge in [0.15, 0.2) is 0 Å². The topological polar surface area (TPSA) is 52.6 Å². The third kappa shape index (κ3) is 4.01. The van der Waals surface area contributed by atoms with Crippen LogP contribution in [-0.2, 0) is 10.0 Å². The van der Waals surface area contributed by atoms with E-state index < -0.39 is 10.0 Å². The molecule has 0 spiro atoms. The van der Waals surface area contributed by atoms with Crippen LogP contribution >= 0.6 is 11.3 Å². The number of fused-ring (bicyclic) bond motifs is 3. The van der Waals surface area contributed by atoms with E-state index in [0.29, 0.717) is 35.2 Å². The number of thiophene rings is 1. The molecular formula is C17H25N3O2S2. The summed E-state index contributed by atoms with van der Waals surface area (Å²) in [6.07, 6.45) is 7.67. The number of hydrogen-bond donors (Lipinski definition) is 1. The molecule has 0 aromatic carbocycles. The third-order valence-electron chi connectivity index (χ3n) is 5.19. The van der Waals surface area contributed by atoms with Gasteiger partial charge >= 0.3 is 0 Å². The number of nitrogens with zero attached hydrogens (tertiary/aromatic N) is 2. The molecule has 3 saturated heterocycles. The van der Waals surface area contributed by atoms with Gasteiger partial charge in [-0.05, 0) is 49.7 Å². The standard InChI is InChI=1S/C17H25N3O2S2/c1-3-7-19(2)12-15-13-20-8-6-14(15)10-16(20)11-18-24(21,22)17-5-4-9-23-17/h1,4-5,9,14-16,18H,6-8,10-13H2,2H3/t14-,15+,16+/m0/s1. The van der Waals surface area contributed by atoms with Gasteiger partial charge in [0.05, 0.1) is 6.54 Å². The van der Waals surface area contributed by atoms with E-state index in [9.17, 15) is 8.42 Å². The Labute approximate surface area is 149 Å². The first-order valence-corrected chi connectivity index (χ1v) is 10.7. The first-order valence-electron chi connectivity index (χ1n) is 8.39. The fourth-order valence-electron chi connectivity index (χ4n) is 3.98. The van der Waals surface area contributed by atoms with Crippen molar-refractivity contribution in [2.75, 3.05) is 39.8 Å². The molecule has 4 heterocycles. The molecule has 3 aliphatic heterocycles. The molecular weight excluding hydrogens is 342 g/mol. The van der Waals surface area contributed by atoms with E-state index in [4.69, 9.17) is 6.42 Å². The van der Waals surface area contributed by atoms with Gasteiger partial charge in [-0.2, -0.15) is 0 Å². The Morgan fingerprint density at radius 2 is 2.38 bits per heavy atom. The molecule has 1 N–H and O–H groups in total. The highest BCUT2D eigenvalue weighted by atomic mass is 32.2. The summed E-state index contributed by atoms with van der Waals surface area (Å²) in [6, 6.07) is 3.73. The summed E-state index contributed by atoms with van der Waals surface area (Å²) in [5, 5.41) is 1.79. The van der Waals surface area contributed by atoms with Gasteiger partial charge in [0, 0.05) is 25.7 Å². The molecule has 0 aliphatic carbocycles. The normalized spacial score (nSPS) is 29.7. The molecule has 1 aromatic heterocycles. The summed E-state index contributed by atoms with van der Waals surface area (Å²) in [5.74, 6) is 4.01. The SMILES string of the molecule is C#CCN(C)C[C@@H]1CN2CC[C@H]1C[C@@H]2CNS(=O)(=O)c1cccs1. The van der Waals surface area contributed by atoms with Crippen molar-refractivity contribution in [1.29, 1.82) is 0 Å². The average molecular weight is 368 g/mol. The predicted octanol–water partition coefficient (Wildman–Crippen LogP) is 1.30. The number of piperidine rings is 3. The summed E-state index contributed by atoms with van der Waals surface area (Å²) in [5.41, 5.74) is 0. The minimum Gasteiger partial charge on any atom is -0.299 e. The zero-order valence-corrected chi connectivity index (χ0v) is 15.7. The number of nitrogens with one attached hydrogen (secondary N) is 1.